The van der Waals surface area contributed by atoms with Gasteiger partial charge in [-0.1, -0.05) is 0 Å². The topological polar surface area (TPSA) is 109 Å². The van der Waals surface area contributed by atoms with Gasteiger partial charge in [0.15, 0.2) is 22.0 Å². The number of aryl methyl sites for hydroxylation is 1. The lowest BCUT2D eigenvalue weighted by atomic mass is 10.2. The maximum Gasteiger partial charge on any atom is 0.431 e. The molecule has 1 saturated carbocycles. The van der Waals surface area contributed by atoms with Crippen molar-refractivity contribution < 1.29 is 22.5 Å². The molecule has 1 atom stereocenters. The molecule has 3 aromatic rings. The van der Waals surface area contributed by atoms with E-state index < -0.39 is 40.2 Å². The minimum Gasteiger partial charge on any atom is -0.611 e. The third-order valence-corrected chi connectivity index (χ3v) is 6.79. The Balaban J connectivity index is 1.93. The molecule has 1 aliphatic rings. The number of aromatic nitrogens is 4. The highest BCUT2D eigenvalue weighted by Gasteiger charge is 2.40. The highest BCUT2D eigenvalue weighted by Crippen LogP contribution is 2.40. The number of fused-ring (bicyclic) bond motifs is 1. The average molecular weight is 494 g/mol. The second-order valence-electron chi connectivity index (χ2n) is 8.54. The molecular weight excluding hydrogens is 471 g/mol. The van der Waals surface area contributed by atoms with Crippen LogP contribution in [0.3, 0.4) is 0 Å². The predicted molar refractivity (Wildman–Crippen MR) is 119 cm³/mol. The highest BCUT2D eigenvalue weighted by molar-refractivity contribution is 7.91. The molecule has 0 aliphatic heterocycles. The van der Waals surface area contributed by atoms with Gasteiger partial charge in [-0.15, -0.1) is 0 Å². The molecule has 4 rings (SSSR count). The van der Waals surface area contributed by atoms with Crippen LogP contribution in [-0.2, 0) is 24.4 Å². The number of rotatable bonds is 6. The van der Waals surface area contributed by atoms with Crippen molar-refractivity contribution in [1.29, 1.82) is 5.26 Å². The van der Waals surface area contributed by atoms with Gasteiger partial charge < -0.3 is 13.9 Å². The van der Waals surface area contributed by atoms with E-state index in [1.165, 1.54) is 23.9 Å². The number of pyridine rings is 2. The number of halogens is 3. The smallest absolute Gasteiger partial charge is 0.431 e. The molecule has 12 heteroatoms. The third kappa shape index (κ3) is 4.25. The molecular formula is C22H22F3N5O3S. The number of ether oxygens (including phenoxy) is 1. The van der Waals surface area contributed by atoms with Crippen LogP contribution >= 0.6 is 0 Å². The van der Waals surface area contributed by atoms with Gasteiger partial charge in [0.1, 0.15) is 28.8 Å². The second kappa shape index (κ2) is 8.32. The first-order valence-corrected chi connectivity index (χ1v) is 11.9. The Morgan fingerprint density at radius 3 is 2.56 bits per heavy atom. The van der Waals surface area contributed by atoms with Crippen LogP contribution in [-0.4, -0.2) is 35.0 Å². The van der Waals surface area contributed by atoms with Crippen molar-refractivity contribution in [3.05, 3.63) is 34.4 Å². The van der Waals surface area contributed by atoms with Crippen LogP contribution in [0.15, 0.2) is 28.0 Å². The second-order valence-corrected chi connectivity index (χ2v) is 10.2. The summed E-state index contributed by atoms with van der Waals surface area (Å²) in [7, 11) is 1.51. The number of hydrogen-bond donors (Lipinski definition) is 0. The lowest BCUT2D eigenvalue weighted by Crippen LogP contribution is -2.28. The van der Waals surface area contributed by atoms with E-state index in [0.717, 1.165) is 10.6 Å². The van der Waals surface area contributed by atoms with Gasteiger partial charge in [0.25, 0.3) is 5.56 Å². The number of nitriles is 1. The Kier molecular flexibility index (Phi) is 5.90. The van der Waals surface area contributed by atoms with E-state index in [2.05, 4.69) is 9.97 Å². The number of hydrogen-bond acceptors (Lipinski definition) is 6. The van der Waals surface area contributed by atoms with Crippen molar-refractivity contribution in [3.63, 3.8) is 0 Å². The molecule has 34 heavy (non-hydrogen) atoms. The Bertz CT molecular complexity index is 1370. The van der Waals surface area contributed by atoms with Gasteiger partial charge in [-0.2, -0.15) is 18.4 Å². The van der Waals surface area contributed by atoms with Crippen molar-refractivity contribution in [3.8, 4) is 23.3 Å². The standard InChI is InChI=1S/C22H22F3N5O3S/c1-5-34(32)15-8-13(33-21(2,3)11-26)10-27-17(15)19-28-14-9-16(22(23,24)25)30(12-6-7-12)20(31)18(14)29(19)4/h8-10,12H,5-7H2,1-4H3/t34-/m1/s1. The van der Waals surface area contributed by atoms with Gasteiger partial charge in [0.05, 0.1) is 11.7 Å². The van der Waals surface area contributed by atoms with Crippen molar-refractivity contribution in [2.75, 3.05) is 5.75 Å². The first-order chi connectivity index (χ1) is 15.9. The minimum absolute atomic E-state index is 0.0101. The van der Waals surface area contributed by atoms with Crippen molar-refractivity contribution in [2.45, 2.75) is 56.3 Å². The predicted octanol–water partition coefficient (Wildman–Crippen LogP) is 3.96. The summed E-state index contributed by atoms with van der Waals surface area (Å²) in [4.78, 5) is 22.0. The SMILES string of the molecule is CC[S@@+]([O-])c1cc(OC(C)(C)C#N)cnc1-c1nc2cc(C(F)(F)F)n(C3CC3)c(=O)c2n1C. The maximum absolute atomic E-state index is 13.7. The van der Waals surface area contributed by atoms with E-state index in [9.17, 15) is 27.8 Å². The molecule has 0 bridgehead atoms. The van der Waals surface area contributed by atoms with Gasteiger partial charge in [0, 0.05) is 19.2 Å². The van der Waals surface area contributed by atoms with E-state index in [0.29, 0.717) is 12.8 Å². The van der Waals surface area contributed by atoms with Crippen molar-refractivity contribution in [1.82, 2.24) is 19.1 Å². The minimum atomic E-state index is -4.72. The third-order valence-electron chi connectivity index (χ3n) is 5.47. The molecule has 0 saturated heterocycles. The fourth-order valence-electron chi connectivity index (χ4n) is 3.72. The zero-order valence-electron chi connectivity index (χ0n) is 18.9. The Morgan fingerprint density at radius 2 is 2.00 bits per heavy atom. The van der Waals surface area contributed by atoms with Crippen molar-refractivity contribution >= 4 is 22.2 Å². The van der Waals surface area contributed by atoms with Crippen LogP contribution in [0.2, 0.25) is 0 Å². The summed E-state index contributed by atoms with van der Waals surface area (Å²) in [6.07, 6.45) is -2.39. The van der Waals surface area contributed by atoms with Gasteiger partial charge in [-0.3, -0.25) is 9.36 Å². The van der Waals surface area contributed by atoms with Gasteiger partial charge in [-0.25, -0.2) is 9.97 Å². The first-order valence-electron chi connectivity index (χ1n) is 10.6. The Hall–Kier alpha value is -3.04. The lowest BCUT2D eigenvalue weighted by molar-refractivity contribution is -0.144. The van der Waals surface area contributed by atoms with Gasteiger partial charge in [-0.05, 0) is 50.9 Å². The summed E-state index contributed by atoms with van der Waals surface area (Å²) in [5.74, 6) is 0.550. The van der Waals surface area contributed by atoms with Crippen LogP contribution in [0.1, 0.15) is 45.3 Å². The summed E-state index contributed by atoms with van der Waals surface area (Å²) in [6, 6.07) is 3.86. The van der Waals surface area contributed by atoms with Gasteiger partial charge in [0.2, 0.25) is 0 Å². The zero-order valence-corrected chi connectivity index (χ0v) is 19.8. The molecule has 0 aromatic carbocycles. The van der Waals surface area contributed by atoms with Crippen LogP contribution < -0.4 is 10.3 Å². The molecule has 0 amide bonds. The maximum atomic E-state index is 13.7. The largest absolute Gasteiger partial charge is 0.611 e. The monoisotopic (exact) mass is 493 g/mol. The number of nitrogens with zero attached hydrogens (tertiary/aromatic N) is 5. The summed E-state index contributed by atoms with van der Waals surface area (Å²) in [6.45, 7) is 4.82. The molecule has 3 heterocycles. The van der Waals surface area contributed by atoms with E-state index in [-0.39, 0.29) is 38.9 Å². The van der Waals surface area contributed by atoms with Crippen LogP contribution in [0.4, 0.5) is 13.2 Å². The molecule has 0 spiro atoms. The van der Waals surface area contributed by atoms with Gasteiger partial charge >= 0.3 is 6.18 Å². The lowest BCUT2D eigenvalue weighted by Gasteiger charge is -2.19. The van der Waals surface area contributed by atoms with E-state index in [1.54, 1.807) is 20.8 Å². The Labute approximate surface area is 196 Å². The van der Waals surface area contributed by atoms with Crippen molar-refractivity contribution in [2.24, 2.45) is 7.05 Å². The molecule has 0 unspecified atom stereocenters. The van der Waals surface area contributed by atoms with Crippen LogP contribution in [0, 0.1) is 11.3 Å². The molecule has 1 aliphatic carbocycles. The Morgan fingerprint density at radius 1 is 1.32 bits per heavy atom. The summed E-state index contributed by atoms with van der Waals surface area (Å²) in [5, 5.41) is 9.22. The zero-order chi connectivity index (χ0) is 25.0. The van der Waals surface area contributed by atoms with E-state index in [4.69, 9.17) is 4.74 Å². The fourth-order valence-corrected chi connectivity index (χ4v) is 4.64. The fraction of sp³-hybridized carbons (Fsp3) is 0.455. The van der Waals surface area contributed by atoms with E-state index >= 15 is 0 Å². The van der Waals surface area contributed by atoms with Crippen LogP contribution in [0.25, 0.3) is 22.6 Å². The van der Waals surface area contributed by atoms with Crippen LogP contribution in [0.5, 0.6) is 5.75 Å². The molecule has 180 valence electrons. The first kappa shape index (κ1) is 24.1. The highest BCUT2D eigenvalue weighted by atomic mass is 32.2. The van der Waals surface area contributed by atoms with E-state index in [1.807, 2.05) is 6.07 Å². The molecule has 0 N–H and O–H groups in total. The summed E-state index contributed by atoms with van der Waals surface area (Å²) >= 11 is -1.54. The number of imidazole rings is 1. The quantitative estimate of drug-likeness (QED) is 0.481. The molecule has 0 radical (unpaired) electrons. The summed E-state index contributed by atoms with van der Waals surface area (Å²) in [5.41, 5.74) is -2.92. The molecule has 3 aromatic heterocycles. The normalized spacial score (nSPS) is 15.4. The average Bonchev–Trinajstić information content (AvgIpc) is 3.55. The number of alkyl halides is 3. The molecule has 1 fully saturated rings. The molecule has 8 nitrogen and oxygen atoms in total. The summed E-state index contributed by atoms with van der Waals surface area (Å²) < 4.78 is 61.8.